The van der Waals surface area contributed by atoms with E-state index in [1.165, 1.54) is 22.7 Å². The number of esters is 1. The van der Waals surface area contributed by atoms with Gasteiger partial charge in [-0.2, -0.15) is 0 Å². The quantitative estimate of drug-likeness (QED) is 0.647. The summed E-state index contributed by atoms with van der Waals surface area (Å²) in [4.78, 5) is 32.2. The molecule has 1 fully saturated rings. The molecule has 1 saturated heterocycles. The Hall–Kier alpha value is -2.45. The van der Waals surface area contributed by atoms with Crippen LogP contribution >= 0.6 is 22.7 Å². The SMILES string of the molecule is CC(OC(=O)c1cc2sc(Nc3ccccc3)nc2s1)C(=O)N1CCCC1. The number of carbonyl (C=O) groups is 2. The first-order chi connectivity index (χ1) is 13.1. The largest absolute Gasteiger partial charge is 0.448 e. The second-order valence-electron chi connectivity index (χ2n) is 6.37. The second kappa shape index (κ2) is 7.66. The smallest absolute Gasteiger partial charge is 0.349 e. The Morgan fingerprint density at radius 1 is 1.19 bits per heavy atom. The average molecular weight is 402 g/mol. The van der Waals surface area contributed by atoms with Crippen molar-refractivity contribution in [3.05, 3.63) is 41.3 Å². The molecule has 1 aliphatic heterocycles. The topological polar surface area (TPSA) is 71.5 Å². The summed E-state index contributed by atoms with van der Waals surface area (Å²) in [5.74, 6) is -0.588. The van der Waals surface area contributed by atoms with Crippen LogP contribution in [0.25, 0.3) is 9.53 Å². The fourth-order valence-corrected chi connectivity index (χ4v) is 5.02. The molecule has 1 aromatic carbocycles. The summed E-state index contributed by atoms with van der Waals surface area (Å²) < 4.78 is 6.30. The molecule has 0 radical (unpaired) electrons. The number of thiazole rings is 1. The summed E-state index contributed by atoms with van der Waals surface area (Å²) in [6.45, 7) is 3.13. The summed E-state index contributed by atoms with van der Waals surface area (Å²) in [7, 11) is 0. The first kappa shape index (κ1) is 17.9. The van der Waals surface area contributed by atoms with Crippen LogP contribution in [0.1, 0.15) is 29.4 Å². The van der Waals surface area contributed by atoms with Crippen molar-refractivity contribution in [2.75, 3.05) is 18.4 Å². The molecule has 140 valence electrons. The monoisotopic (exact) mass is 401 g/mol. The fourth-order valence-electron chi connectivity index (χ4n) is 3.00. The summed E-state index contributed by atoms with van der Waals surface area (Å²) in [6.07, 6.45) is 1.26. The van der Waals surface area contributed by atoms with Gasteiger partial charge in [0, 0.05) is 18.8 Å². The van der Waals surface area contributed by atoms with Gasteiger partial charge in [-0.15, -0.1) is 11.3 Å². The van der Waals surface area contributed by atoms with Gasteiger partial charge in [0.1, 0.15) is 9.71 Å². The van der Waals surface area contributed by atoms with E-state index in [2.05, 4.69) is 10.3 Å². The van der Waals surface area contributed by atoms with Crippen LogP contribution in [0.15, 0.2) is 36.4 Å². The van der Waals surface area contributed by atoms with Gasteiger partial charge in [0.2, 0.25) is 0 Å². The lowest BCUT2D eigenvalue weighted by atomic mass is 10.3. The molecule has 1 unspecified atom stereocenters. The molecule has 3 aromatic rings. The number of benzene rings is 1. The van der Waals surface area contributed by atoms with Gasteiger partial charge >= 0.3 is 5.97 Å². The zero-order chi connectivity index (χ0) is 18.8. The van der Waals surface area contributed by atoms with Crippen LogP contribution in [0, 0.1) is 0 Å². The van der Waals surface area contributed by atoms with Crippen LogP contribution in [-0.2, 0) is 9.53 Å². The van der Waals surface area contributed by atoms with Gasteiger partial charge in [-0.25, -0.2) is 9.78 Å². The number of ether oxygens (including phenoxy) is 1. The van der Waals surface area contributed by atoms with Crippen molar-refractivity contribution in [1.82, 2.24) is 9.88 Å². The Morgan fingerprint density at radius 3 is 2.63 bits per heavy atom. The van der Waals surface area contributed by atoms with E-state index in [0.717, 1.165) is 46.3 Å². The molecular formula is C19H19N3O3S2. The molecule has 0 aliphatic carbocycles. The highest BCUT2D eigenvalue weighted by molar-refractivity contribution is 7.29. The number of rotatable bonds is 5. The summed E-state index contributed by atoms with van der Waals surface area (Å²) in [5, 5.41) is 4.03. The predicted octanol–water partition coefficient (Wildman–Crippen LogP) is 4.27. The van der Waals surface area contributed by atoms with Crippen LogP contribution in [0.3, 0.4) is 0 Å². The predicted molar refractivity (Wildman–Crippen MR) is 108 cm³/mol. The Balaban J connectivity index is 1.42. The highest BCUT2D eigenvalue weighted by Gasteiger charge is 2.27. The van der Waals surface area contributed by atoms with Crippen molar-refractivity contribution in [2.24, 2.45) is 0 Å². The van der Waals surface area contributed by atoms with Gasteiger partial charge in [0.25, 0.3) is 5.91 Å². The molecule has 1 atom stereocenters. The van der Waals surface area contributed by atoms with E-state index in [9.17, 15) is 9.59 Å². The minimum Gasteiger partial charge on any atom is -0.448 e. The maximum absolute atomic E-state index is 12.4. The molecule has 1 amide bonds. The van der Waals surface area contributed by atoms with E-state index < -0.39 is 12.1 Å². The third-order valence-electron chi connectivity index (χ3n) is 4.36. The molecule has 8 heteroatoms. The number of nitrogens with one attached hydrogen (secondary N) is 1. The molecule has 2 aromatic heterocycles. The number of thiophene rings is 1. The molecule has 0 bridgehead atoms. The highest BCUT2D eigenvalue weighted by atomic mass is 32.1. The van der Waals surface area contributed by atoms with Crippen molar-refractivity contribution in [2.45, 2.75) is 25.9 Å². The molecule has 0 saturated carbocycles. The van der Waals surface area contributed by atoms with Crippen LogP contribution in [0.4, 0.5) is 10.8 Å². The number of para-hydroxylation sites is 1. The lowest BCUT2D eigenvalue weighted by Gasteiger charge is -2.20. The normalized spacial score (nSPS) is 15.1. The van der Waals surface area contributed by atoms with E-state index >= 15 is 0 Å². The van der Waals surface area contributed by atoms with E-state index in [-0.39, 0.29) is 5.91 Å². The Morgan fingerprint density at radius 2 is 1.93 bits per heavy atom. The highest BCUT2D eigenvalue weighted by Crippen LogP contribution is 2.34. The number of hydrogen-bond acceptors (Lipinski definition) is 7. The molecule has 3 heterocycles. The maximum Gasteiger partial charge on any atom is 0.349 e. The van der Waals surface area contributed by atoms with Crippen molar-refractivity contribution in [1.29, 1.82) is 0 Å². The van der Waals surface area contributed by atoms with Crippen LogP contribution in [0.2, 0.25) is 0 Å². The minimum absolute atomic E-state index is 0.119. The molecule has 0 spiro atoms. The van der Waals surface area contributed by atoms with Crippen LogP contribution in [0.5, 0.6) is 0 Å². The Kier molecular flexibility index (Phi) is 5.09. The van der Waals surface area contributed by atoms with Gasteiger partial charge < -0.3 is 15.0 Å². The van der Waals surface area contributed by atoms with Gasteiger partial charge in [0.15, 0.2) is 11.2 Å². The number of hydrogen-bond donors (Lipinski definition) is 1. The fraction of sp³-hybridized carbons (Fsp3) is 0.316. The summed E-state index contributed by atoms with van der Waals surface area (Å²) in [5.41, 5.74) is 0.966. The van der Waals surface area contributed by atoms with Crippen LogP contribution in [-0.4, -0.2) is 41.0 Å². The number of fused-ring (bicyclic) bond motifs is 1. The van der Waals surface area contributed by atoms with Crippen molar-refractivity contribution >= 4 is 54.9 Å². The van der Waals surface area contributed by atoms with Crippen molar-refractivity contribution in [3.8, 4) is 0 Å². The number of likely N-dealkylation sites (tertiary alicyclic amines) is 1. The second-order valence-corrected chi connectivity index (χ2v) is 8.43. The average Bonchev–Trinajstić information content (AvgIpc) is 3.38. The number of carbonyl (C=O) groups excluding carboxylic acids is 2. The molecule has 6 nitrogen and oxygen atoms in total. The number of anilines is 2. The number of aromatic nitrogens is 1. The molecular weight excluding hydrogens is 382 g/mol. The van der Waals surface area contributed by atoms with Crippen LogP contribution < -0.4 is 5.32 Å². The number of amides is 1. The van der Waals surface area contributed by atoms with Gasteiger partial charge in [-0.3, -0.25) is 4.79 Å². The van der Waals surface area contributed by atoms with E-state index in [0.29, 0.717) is 4.88 Å². The zero-order valence-corrected chi connectivity index (χ0v) is 16.4. The summed E-state index contributed by atoms with van der Waals surface area (Å²) >= 11 is 2.76. The third kappa shape index (κ3) is 3.96. The molecule has 27 heavy (non-hydrogen) atoms. The number of nitrogens with zero attached hydrogens (tertiary/aromatic N) is 2. The van der Waals surface area contributed by atoms with Gasteiger partial charge in [0.05, 0.1) is 4.70 Å². The van der Waals surface area contributed by atoms with E-state index in [1.807, 2.05) is 30.3 Å². The van der Waals surface area contributed by atoms with Gasteiger partial charge in [-0.05, 0) is 38.0 Å². The molecule has 1 aliphatic rings. The minimum atomic E-state index is -0.765. The molecule has 1 N–H and O–H groups in total. The lowest BCUT2D eigenvalue weighted by molar-refractivity contribution is -0.138. The summed E-state index contributed by atoms with van der Waals surface area (Å²) in [6, 6.07) is 11.6. The zero-order valence-electron chi connectivity index (χ0n) is 14.8. The molecule has 4 rings (SSSR count). The standard InChI is InChI=1S/C19H19N3O3S2/c1-12(17(23)22-9-5-6-10-22)25-18(24)15-11-14-16(26-15)21-19(27-14)20-13-7-3-2-4-8-13/h2-4,7-8,11-12H,5-6,9-10H2,1H3,(H,20,21). The van der Waals surface area contributed by atoms with E-state index in [1.54, 1.807) is 17.9 Å². The van der Waals surface area contributed by atoms with Gasteiger partial charge in [-0.1, -0.05) is 29.5 Å². The lowest BCUT2D eigenvalue weighted by Crippen LogP contribution is -2.38. The van der Waals surface area contributed by atoms with E-state index in [4.69, 9.17) is 4.74 Å². The first-order valence-electron chi connectivity index (χ1n) is 8.82. The Bertz CT molecular complexity index is 930. The van der Waals surface area contributed by atoms with Crippen molar-refractivity contribution < 1.29 is 14.3 Å². The first-order valence-corrected chi connectivity index (χ1v) is 10.5. The van der Waals surface area contributed by atoms with Crippen molar-refractivity contribution in [3.63, 3.8) is 0 Å². The third-order valence-corrected chi connectivity index (χ3v) is 6.42. The maximum atomic E-state index is 12.4. The Labute approximate surface area is 164 Å².